The first-order valence-corrected chi connectivity index (χ1v) is 3.48. The van der Waals surface area contributed by atoms with Gasteiger partial charge in [-0.05, 0) is 24.3 Å². The first-order chi connectivity index (χ1) is 5.93. The number of furan rings is 1. The molecule has 2 aromatic rings. The van der Waals surface area contributed by atoms with Crippen LogP contribution in [0.25, 0.3) is 0 Å². The summed E-state index contributed by atoms with van der Waals surface area (Å²) < 4.78 is 6.03. The normalized spacial score (nSPS) is 8.33. The van der Waals surface area contributed by atoms with Gasteiger partial charge in [0.2, 0.25) is 6.41 Å². The molecule has 0 amide bonds. The van der Waals surface area contributed by atoms with Crippen LogP contribution in [0.15, 0.2) is 53.6 Å². The summed E-state index contributed by atoms with van der Waals surface area (Å²) >= 11 is 0. The number of nitrogens with zero attached hydrogens (tertiary/aromatic N) is 1. The van der Waals surface area contributed by atoms with Crippen molar-refractivity contribution in [2.24, 2.45) is 0 Å². The van der Waals surface area contributed by atoms with E-state index in [1.165, 1.54) is 4.57 Å². The topological polar surface area (TPSA) is 35.1 Å². The summed E-state index contributed by atoms with van der Waals surface area (Å²) in [6, 6.07) is 7.27. The molecule has 2 aromatic heterocycles. The lowest BCUT2D eigenvalue weighted by molar-refractivity contribution is 0.547. The number of hydrogen-bond acceptors (Lipinski definition) is 2. The Hall–Kier alpha value is -1.77. The minimum Gasteiger partial charge on any atom is -0.473 e. The highest BCUT2D eigenvalue weighted by atomic mass is 16.3. The van der Waals surface area contributed by atoms with Gasteiger partial charge in [0, 0.05) is 12.4 Å². The van der Waals surface area contributed by atoms with Crippen LogP contribution in [0.5, 0.6) is 0 Å². The van der Waals surface area contributed by atoms with Crippen molar-refractivity contribution in [3.63, 3.8) is 0 Å². The van der Waals surface area contributed by atoms with Crippen molar-refractivity contribution < 1.29 is 9.21 Å². The Kier molecular flexibility index (Phi) is 3.44. The predicted molar refractivity (Wildman–Crippen MR) is 45.3 cm³/mol. The van der Waals surface area contributed by atoms with Crippen molar-refractivity contribution in [2.45, 2.75) is 0 Å². The molecule has 0 atom stereocenters. The van der Waals surface area contributed by atoms with Crippen LogP contribution in [0.4, 0.5) is 0 Å². The second-order valence-corrected chi connectivity index (χ2v) is 2.03. The summed E-state index contributed by atoms with van der Waals surface area (Å²) in [5, 5.41) is 0. The van der Waals surface area contributed by atoms with Gasteiger partial charge in [-0.15, -0.1) is 0 Å². The van der Waals surface area contributed by atoms with E-state index < -0.39 is 0 Å². The maximum atomic E-state index is 9.83. The fourth-order valence-electron chi connectivity index (χ4n) is 0.645. The van der Waals surface area contributed by atoms with E-state index in [4.69, 9.17) is 0 Å². The lowest BCUT2D eigenvalue weighted by atomic mass is 10.7. The monoisotopic (exact) mass is 163 g/mol. The van der Waals surface area contributed by atoms with Crippen LogP contribution in [0.2, 0.25) is 0 Å². The number of carbonyl (C=O) groups excluding carboxylic acids is 1. The summed E-state index contributed by atoms with van der Waals surface area (Å²) in [5.41, 5.74) is 0. The molecular weight excluding hydrogens is 154 g/mol. The van der Waals surface area contributed by atoms with Gasteiger partial charge in [0.1, 0.15) is 0 Å². The molecule has 0 N–H and O–H groups in total. The quantitative estimate of drug-likeness (QED) is 0.601. The summed E-state index contributed by atoms with van der Waals surface area (Å²) in [6.07, 6.45) is 7.38. The molecule has 0 unspecified atom stereocenters. The Morgan fingerprint density at radius 1 is 1.00 bits per heavy atom. The molecule has 0 bridgehead atoms. The zero-order valence-electron chi connectivity index (χ0n) is 6.46. The highest BCUT2D eigenvalue weighted by Crippen LogP contribution is 1.81. The Morgan fingerprint density at radius 2 is 1.58 bits per heavy atom. The van der Waals surface area contributed by atoms with Crippen molar-refractivity contribution in [3.05, 3.63) is 49.2 Å². The van der Waals surface area contributed by atoms with Gasteiger partial charge in [0.25, 0.3) is 0 Å². The minimum atomic E-state index is 0.750. The van der Waals surface area contributed by atoms with Crippen molar-refractivity contribution in [1.29, 1.82) is 0 Å². The fraction of sp³-hybridized carbons (Fsp3) is 0. The van der Waals surface area contributed by atoms with E-state index in [9.17, 15) is 4.79 Å². The molecule has 3 heteroatoms. The Labute approximate surface area is 70.2 Å². The van der Waals surface area contributed by atoms with Crippen molar-refractivity contribution >= 4 is 6.41 Å². The molecule has 0 saturated carbocycles. The molecule has 2 rings (SSSR count). The summed E-state index contributed by atoms with van der Waals surface area (Å²) in [4.78, 5) is 9.83. The van der Waals surface area contributed by atoms with E-state index in [1.54, 1.807) is 37.1 Å². The van der Waals surface area contributed by atoms with Gasteiger partial charge < -0.3 is 4.42 Å². The molecule has 0 fully saturated rings. The zero-order chi connectivity index (χ0) is 8.65. The number of hydrogen-bond donors (Lipinski definition) is 0. The van der Waals surface area contributed by atoms with Crippen LogP contribution in [-0.4, -0.2) is 11.0 Å². The Morgan fingerprint density at radius 3 is 1.83 bits per heavy atom. The highest BCUT2D eigenvalue weighted by Gasteiger charge is 1.75. The maximum Gasteiger partial charge on any atom is 0.217 e. The smallest absolute Gasteiger partial charge is 0.217 e. The standard InChI is InChI=1S/C5H5NO.C4H4O/c7-5-6-3-1-2-4-6;1-2-4-5-3-1/h1-5H;1-4H. The van der Waals surface area contributed by atoms with Crippen LogP contribution >= 0.6 is 0 Å². The van der Waals surface area contributed by atoms with Gasteiger partial charge in [-0.25, -0.2) is 0 Å². The lowest BCUT2D eigenvalue weighted by Crippen LogP contribution is -1.85. The van der Waals surface area contributed by atoms with Crippen molar-refractivity contribution in [2.75, 3.05) is 0 Å². The first-order valence-electron chi connectivity index (χ1n) is 3.48. The third-order valence-electron chi connectivity index (χ3n) is 1.17. The summed E-state index contributed by atoms with van der Waals surface area (Å²) in [5.74, 6) is 0. The van der Waals surface area contributed by atoms with Gasteiger partial charge in [-0.3, -0.25) is 9.36 Å². The van der Waals surface area contributed by atoms with Crippen LogP contribution < -0.4 is 0 Å². The van der Waals surface area contributed by atoms with E-state index in [1.807, 2.05) is 12.1 Å². The van der Waals surface area contributed by atoms with E-state index >= 15 is 0 Å². The summed E-state index contributed by atoms with van der Waals surface area (Å²) in [7, 11) is 0. The SMILES string of the molecule is O=Cn1cccc1.c1ccoc1. The lowest BCUT2D eigenvalue weighted by Gasteiger charge is -1.77. The van der Waals surface area contributed by atoms with Crippen LogP contribution in [0.3, 0.4) is 0 Å². The molecule has 62 valence electrons. The average molecular weight is 163 g/mol. The van der Waals surface area contributed by atoms with Gasteiger partial charge in [-0.2, -0.15) is 0 Å². The molecule has 0 radical (unpaired) electrons. The number of carbonyl (C=O) groups is 1. The van der Waals surface area contributed by atoms with Gasteiger partial charge in [0.15, 0.2) is 0 Å². The highest BCUT2D eigenvalue weighted by molar-refractivity contribution is 5.51. The molecule has 0 aliphatic heterocycles. The minimum absolute atomic E-state index is 0.750. The largest absolute Gasteiger partial charge is 0.473 e. The molecular formula is C9H9NO2. The third kappa shape index (κ3) is 2.88. The molecule has 0 aliphatic carbocycles. The Bertz CT molecular complexity index is 267. The number of aromatic nitrogens is 1. The molecule has 12 heavy (non-hydrogen) atoms. The van der Waals surface area contributed by atoms with E-state index in [0.717, 1.165) is 6.41 Å². The van der Waals surface area contributed by atoms with Gasteiger partial charge >= 0.3 is 0 Å². The number of rotatable bonds is 1. The van der Waals surface area contributed by atoms with Crippen molar-refractivity contribution in [3.8, 4) is 0 Å². The van der Waals surface area contributed by atoms with Crippen LogP contribution in [0.1, 0.15) is 0 Å². The average Bonchev–Trinajstić information content (AvgIpc) is 2.81. The zero-order valence-corrected chi connectivity index (χ0v) is 6.46. The van der Waals surface area contributed by atoms with Gasteiger partial charge in [0.05, 0.1) is 12.5 Å². The van der Waals surface area contributed by atoms with Gasteiger partial charge in [-0.1, -0.05) is 0 Å². The molecule has 0 aliphatic rings. The molecule has 0 aromatic carbocycles. The second kappa shape index (κ2) is 4.96. The van der Waals surface area contributed by atoms with Crippen LogP contribution in [-0.2, 0) is 4.79 Å². The third-order valence-corrected chi connectivity index (χ3v) is 1.17. The molecule has 0 spiro atoms. The summed E-state index contributed by atoms with van der Waals surface area (Å²) in [6.45, 7) is 0. The molecule has 3 nitrogen and oxygen atoms in total. The van der Waals surface area contributed by atoms with E-state index in [2.05, 4.69) is 4.42 Å². The molecule has 0 saturated heterocycles. The second-order valence-electron chi connectivity index (χ2n) is 2.03. The van der Waals surface area contributed by atoms with Crippen LogP contribution in [0, 0.1) is 0 Å². The fourth-order valence-corrected chi connectivity index (χ4v) is 0.645. The van der Waals surface area contributed by atoms with E-state index in [0.29, 0.717) is 0 Å². The Balaban J connectivity index is 0.000000127. The first kappa shape index (κ1) is 8.33. The van der Waals surface area contributed by atoms with E-state index in [-0.39, 0.29) is 0 Å². The molecule has 2 heterocycles. The predicted octanol–water partition coefficient (Wildman–Crippen LogP) is 1.81. The van der Waals surface area contributed by atoms with Crippen molar-refractivity contribution in [1.82, 2.24) is 4.57 Å². The maximum absolute atomic E-state index is 9.83.